The van der Waals surface area contributed by atoms with Crippen molar-refractivity contribution in [3.8, 4) is 0 Å². The molecule has 0 radical (unpaired) electrons. The Morgan fingerprint density at radius 2 is 1.76 bits per heavy atom. The van der Waals surface area contributed by atoms with Crippen molar-refractivity contribution in [2.24, 2.45) is 4.99 Å². The fraction of sp³-hybridized carbons (Fsp3) is 0.923. The number of nitrogens with one attached hydrogen (secondary N) is 1. The average molecular weight is 434 g/mol. The summed E-state index contributed by atoms with van der Waals surface area (Å²) in [7, 11) is 2.33. The fourth-order valence-electron chi connectivity index (χ4n) is 1.75. The minimum atomic E-state index is -3.07. The van der Waals surface area contributed by atoms with E-state index in [1.54, 1.807) is 21.0 Å². The van der Waals surface area contributed by atoms with Crippen LogP contribution in [0.5, 0.6) is 0 Å². The lowest BCUT2D eigenvalue weighted by Crippen LogP contribution is -2.40. The van der Waals surface area contributed by atoms with Crippen molar-refractivity contribution in [2.45, 2.75) is 33.1 Å². The molecule has 0 saturated heterocycles. The summed E-state index contributed by atoms with van der Waals surface area (Å²) in [5.74, 6) is 1.01. The summed E-state index contributed by atoms with van der Waals surface area (Å²) in [6, 6.07) is 0. The van der Waals surface area contributed by atoms with E-state index >= 15 is 0 Å². The van der Waals surface area contributed by atoms with E-state index in [0.29, 0.717) is 13.1 Å². The van der Waals surface area contributed by atoms with Crippen LogP contribution in [0.15, 0.2) is 4.99 Å². The molecule has 0 fully saturated rings. The van der Waals surface area contributed by atoms with E-state index in [0.717, 1.165) is 31.8 Å². The van der Waals surface area contributed by atoms with Gasteiger partial charge in [0.2, 0.25) is 10.0 Å². The van der Waals surface area contributed by atoms with Gasteiger partial charge in [-0.3, -0.25) is 4.99 Å². The van der Waals surface area contributed by atoms with Gasteiger partial charge < -0.3 is 10.2 Å². The molecule has 0 aliphatic carbocycles. The van der Waals surface area contributed by atoms with Gasteiger partial charge in [-0.2, -0.15) is 0 Å². The number of hydrogen-bond acceptors (Lipinski definition) is 3. The molecular weight excluding hydrogens is 403 g/mol. The molecule has 0 saturated carbocycles. The highest BCUT2D eigenvalue weighted by Crippen LogP contribution is 1.98. The Kier molecular flexibility index (Phi) is 13.7. The van der Waals surface area contributed by atoms with E-state index in [2.05, 4.69) is 22.1 Å². The van der Waals surface area contributed by atoms with Crippen LogP contribution in [-0.4, -0.2) is 70.1 Å². The van der Waals surface area contributed by atoms with Crippen LogP contribution >= 0.6 is 24.0 Å². The van der Waals surface area contributed by atoms with E-state index in [1.807, 2.05) is 7.05 Å². The van der Waals surface area contributed by atoms with Gasteiger partial charge in [0.05, 0.1) is 5.75 Å². The summed E-state index contributed by atoms with van der Waals surface area (Å²) >= 11 is 0. The second-order valence-corrected chi connectivity index (χ2v) is 7.19. The van der Waals surface area contributed by atoms with Gasteiger partial charge in [0, 0.05) is 40.8 Å². The lowest BCUT2D eigenvalue weighted by atomic mass is 10.3. The molecule has 0 heterocycles. The van der Waals surface area contributed by atoms with Crippen LogP contribution < -0.4 is 5.32 Å². The molecular formula is C13H31IN4O2S. The molecule has 0 spiro atoms. The van der Waals surface area contributed by atoms with Crippen molar-refractivity contribution in [1.29, 1.82) is 0 Å². The molecule has 8 heteroatoms. The second-order valence-electron chi connectivity index (χ2n) is 4.82. The lowest BCUT2D eigenvalue weighted by Gasteiger charge is -2.22. The van der Waals surface area contributed by atoms with Crippen LogP contribution in [0.3, 0.4) is 0 Å². The maximum atomic E-state index is 11.6. The highest BCUT2D eigenvalue weighted by Gasteiger charge is 2.14. The number of halogens is 1. The standard InChI is InChI=1S/C13H30N4O2S.HI/c1-6-8-11-16(4)13(14-3)15-10-9-12-17(5)20(18,19)7-2;/h6-12H2,1-5H3,(H,14,15);1H. The first kappa shape index (κ1) is 23.2. The molecule has 0 rings (SSSR count). The number of rotatable bonds is 9. The topological polar surface area (TPSA) is 65.0 Å². The maximum absolute atomic E-state index is 11.6. The van der Waals surface area contributed by atoms with Crippen LogP contribution in [0, 0.1) is 0 Å². The Hall–Kier alpha value is -0.0900. The SMILES string of the molecule is CCCCN(C)C(=NC)NCCCN(C)S(=O)(=O)CC.I. The summed E-state index contributed by atoms with van der Waals surface area (Å²) in [4.78, 5) is 6.32. The lowest BCUT2D eigenvalue weighted by molar-refractivity contribution is 0.447. The van der Waals surface area contributed by atoms with Crippen molar-refractivity contribution < 1.29 is 8.42 Å². The predicted octanol–water partition coefficient (Wildman–Crippen LogP) is 1.58. The molecule has 6 nitrogen and oxygen atoms in total. The molecule has 0 aromatic carbocycles. The number of nitrogens with zero attached hydrogens (tertiary/aromatic N) is 3. The Bertz CT molecular complexity index is 388. The Balaban J connectivity index is 0. The summed E-state index contributed by atoms with van der Waals surface area (Å²) in [6.45, 7) is 6.04. The molecule has 21 heavy (non-hydrogen) atoms. The summed E-state index contributed by atoms with van der Waals surface area (Å²) in [6.07, 6.45) is 3.05. The van der Waals surface area contributed by atoms with Crippen LogP contribution in [0.4, 0.5) is 0 Å². The van der Waals surface area contributed by atoms with E-state index in [-0.39, 0.29) is 29.7 Å². The van der Waals surface area contributed by atoms with E-state index in [1.165, 1.54) is 4.31 Å². The zero-order valence-corrected chi connectivity index (χ0v) is 17.1. The molecule has 128 valence electrons. The molecule has 0 aromatic rings. The molecule has 0 aliphatic rings. The van der Waals surface area contributed by atoms with Crippen molar-refractivity contribution in [2.75, 3.05) is 46.5 Å². The van der Waals surface area contributed by atoms with E-state index in [9.17, 15) is 8.42 Å². The van der Waals surface area contributed by atoms with Gasteiger partial charge in [-0.1, -0.05) is 13.3 Å². The van der Waals surface area contributed by atoms with Crippen molar-refractivity contribution in [1.82, 2.24) is 14.5 Å². The summed E-state index contributed by atoms with van der Waals surface area (Å²) in [5.41, 5.74) is 0. The Morgan fingerprint density at radius 3 is 2.24 bits per heavy atom. The normalized spacial score (nSPS) is 12.2. The predicted molar refractivity (Wildman–Crippen MR) is 101 cm³/mol. The molecule has 0 atom stereocenters. The summed E-state index contributed by atoms with van der Waals surface area (Å²) in [5, 5.41) is 3.26. The number of guanidine groups is 1. The van der Waals surface area contributed by atoms with Crippen LogP contribution in [-0.2, 0) is 10.0 Å². The van der Waals surface area contributed by atoms with Gasteiger partial charge in [-0.05, 0) is 19.8 Å². The first-order valence-corrected chi connectivity index (χ1v) is 8.85. The minimum absolute atomic E-state index is 0. The smallest absolute Gasteiger partial charge is 0.213 e. The minimum Gasteiger partial charge on any atom is -0.356 e. The highest BCUT2D eigenvalue weighted by atomic mass is 127. The zero-order valence-electron chi connectivity index (χ0n) is 13.9. The van der Waals surface area contributed by atoms with Gasteiger partial charge in [0.15, 0.2) is 5.96 Å². The molecule has 0 bridgehead atoms. The third-order valence-corrected chi connectivity index (χ3v) is 5.05. The quantitative estimate of drug-likeness (QED) is 0.259. The van der Waals surface area contributed by atoms with E-state index < -0.39 is 10.0 Å². The number of sulfonamides is 1. The monoisotopic (exact) mass is 434 g/mol. The van der Waals surface area contributed by atoms with Crippen LogP contribution in [0.25, 0.3) is 0 Å². The van der Waals surface area contributed by atoms with Crippen LogP contribution in [0.1, 0.15) is 33.1 Å². The van der Waals surface area contributed by atoms with Gasteiger partial charge in [0.25, 0.3) is 0 Å². The molecule has 0 aromatic heterocycles. The third-order valence-electron chi connectivity index (χ3n) is 3.19. The molecule has 0 aliphatic heterocycles. The zero-order chi connectivity index (χ0) is 15.6. The maximum Gasteiger partial charge on any atom is 0.213 e. The van der Waals surface area contributed by atoms with Gasteiger partial charge in [0.1, 0.15) is 0 Å². The summed E-state index contributed by atoms with van der Waals surface area (Å²) < 4.78 is 24.6. The van der Waals surface area contributed by atoms with Crippen molar-refractivity contribution in [3.05, 3.63) is 0 Å². The number of hydrogen-bond donors (Lipinski definition) is 1. The number of aliphatic imine (C=N–C) groups is 1. The van der Waals surface area contributed by atoms with Gasteiger partial charge in [-0.15, -0.1) is 24.0 Å². The highest BCUT2D eigenvalue weighted by molar-refractivity contribution is 14.0. The van der Waals surface area contributed by atoms with Crippen LogP contribution in [0.2, 0.25) is 0 Å². The van der Waals surface area contributed by atoms with Crippen molar-refractivity contribution >= 4 is 40.0 Å². The number of unbranched alkanes of at least 4 members (excludes halogenated alkanes) is 1. The van der Waals surface area contributed by atoms with Crippen molar-refractivity contribution in [3.63, 3.8) is 0 Å². The Morgan fingerprint density at radius 1 is 1.14 bits per heavy atom. The average Bonchev–Trinajstić information content (AvgIpc) is 2.44. The first-order valence-electron chi connectivity index (χ1n) is 7.24. The van der Waals surface area contributed by atoms with Gasteiger partial charge >= 0.3 is 0 Å². The second kappa shape index (κ2) is 12.5. The largest absolute Gasteiger partial charge is 0.356 e. The molecule has 0 unspecified atom stereocenters. The third kappa shape index (κ3) is 9.51. The fourth-order valence-corrected chi connectivity index (χ4v) is 2.60. The molecule has 0 amide bonds. The van der Waals surface area contributed by atoms with E-state index in [4.69, 9.17) is 0 Å². The molecule has 1 N–H and O–H groups in total. The Labute approximate surface area is 147 Å². The first-order chi connectivity index (χ1) is 9.38. The van der Waals surface area contributed by atoms with Gasteiger partial charge in [-0.25, -0.2) is 12.7 Å².